The third kappa shape index (κ3) is 9.17. The predicted octanol–water partition coefficient (Wildman–Crippen LogP) is 6.38. The minimum Gasteiger partial charge on any atom is -0.497 e. The second-order valence-electron chi connectivity index (χ2n) is 10.2. The Morgan fingerprint density at radius 3 is 2.68 bits per heavy atom. The van der Waals surface area contributed by atoms with E-state index in [1.54, 1.807) is 13.3 Å². The molecule has 2 heterocycles. The van der Waals surface area contributed by atoms with Crippen LogP contribution in [-0.2, 0) is 4.79 Å². The molecule has 208 valence electrons. The number of carboxylic acid groups (broad SMARTS) is 1. The summed E-state index contributed by atoms with van der Waals surface area (Å²) >= 11 is 2.12. The van der Waals surface area contributed by atoms with Crippen molar-refractivity contribution in [2.24, 2.45) is 11.8 Å². The number of hydrogen-bond acceptors (Lipinski definition) is 6. The van der Waals surface area contributed by atoms with E-state index in [-0.39, 0.29) is 37.2 Å². The van der Waals surface area contributed by atoms with Gasteiger partial charge in [-0.15, -0.1) is 24.8 Å². The first kappa shape index (κ1) is 32.0. The molecule has 2 aromatic rings. The molecule has 1 saturated heterocycles. The number of pyridine rings is 1. The summed E-state index contributed by atoms with van der Waals surface area (Å²) in [7, 11) is 1.64. The van der Waals surface area contributed by atoms with Gasteiger partial charge < -0.3 is 19.8 Å². The fraction of sp³-hybridized carbons (Fsp3) is 0.643. The van der Waals surface area contributed by atoms with Crippen LogP contribution in [0.1, 0.15) is 69.5 Å². The molecule has 1 aromatic carbocycles. The summed E-state index contributed by atoms with van der Waals surface area (Å²) in [5.74, 6) is 1.64. The maximum Gasteiger partial charge on any atom is 0.303 e. The summed E-state index contributed by atoms with van der Waals surface area (Å²) in [5, 5.41) is 22.4. The van der Waals surface area contributed by atoms with Crippen LogP contribution in [0.25, 0.3) is 10.9 Å². The number of likely N-dealkylation sites (tertiary alicyclic amines) is 1. The van der Waals surface area contributed by atoms with Crippen molar-refractivity contribution in [2.45, 2.75) is 69.1 Å². The van der Waals surface area contributed by atoms with Gasteiger partial charge in [-0.25, -0.2) is 0 Å². The Morgan fingerprint density at radius 2 is 1.95 bits per heavy atom. The molecule has 4 rings (SSSR count). The largest absolute Gasteiger partial charge is 0.497 e. The zero-order chi connectivity index (χ0) is 24.6. The lowest BCUT2D eigenvalue weighted by atomic mass is 9.79. The molecular formula is C28H42Cl2N2O4S. The molecule has 0 spiro atoms. The monoisotopic (exact) mass is 572 g/mol. The second kappa shape index (κ2) is 16.0. The van der Waals surface area contributed by atoms with Crippen molar-refractivity contribution in [1.29, 1.82) is 0 Å². The number of aliphatic carboxylic acids is 1. The van der Waals surface area contributed by atoms with E-state index in [0.29, 0.717) is 12.3 Å². The molecule has 3 atom stereocenters. The molecule has 6 nitrogen and oxygen atoms in total. The van der Waals surface area contributed by atoms with E-state index in [4.69, 9.17) is 4.74 Å². The molecule has 2 N–H and O–H groups in total. The molecule has 1 aliphatic carbocycles. The third-order valence-corrected chi connectivity index (χ3v) is 9.24. The molecule has 0 amide bonds. The van der Waals surface area contributed by atoms with Crippen molar-refractivity contribution in [3.05, 3.63) is 36.0 Å². The van der Waals surface area contributed by atoms with Crippen molar-refractivity contribution in [2.75, 3.05) is 32.5 Å². The highest BCUT2D eigenvalue weighted by Gasteiger charge is 2.31. The van der Waals surface area contributed by atoms with Gasteiger partial charge in [0.15, 0.2) is 0 Å². The molecule has 1 aromatic heterocycles. The molecule has 1 aliphatic heterocycles. The number of piperidine rings is 1. The molecule has 37 heavy (non-hydrogen) atoms. The van der Waals surface area contributed by atoms with E-state index in [1.165, 1.54) is 32.1 Å². The van der Waals surface area contributed by atoms with Crippen molar-refractivity contribution >= 4 is 53.4 Å². The highest BCUT2D eigenvalue weighted by Crippen LogP contribution is 2.35. The summed E-state index contributed by atoms with van der Waals surface area (Å²) in [6.45, 7) is 2.93. The molecule has 2 aliphatic rings. The Kier molecular flexibility index (Phi) is 13.8. The number of methoxy groups -OCH3 is 1. The zero-order valence-electron chi connectivity index (χ0n) is 21.7. The maximum atomic E-state index is 11.6. The predicted molar refractivity (Wildman–Crippen MR) is 157 cm³/mol. The van der Waals surface area contributed by atoms with Gasteiger partial charge in [-0.3, -0.25) is 9.78 Å². The van der Waals surface area contributed by atoms with Crippen LogP contribution in [0.2, 0.25) is 0 Å². The Hall–Kier alpha value is -1.25. The number of thioether (sulfide) groups is 1. The smallest absolute Gasteiger partial charge is 0.303 e. The van der Waals surface area contributed by atoms with Gasteiger partial charge in [0, 0.05) is 42.1 Å². The Labute approximate surface area is 237 Å². The quantitative estimate of drug-likeness (QED) is 0.323. The van der Waals surface area contributed by atoms with E-state index >= 15 is 0 Å². The highest BCUT2D eigenvalue weighted by atomic mass is 35.5. The number of aliphatic hydroxyl groups is 1. The first-order chi connectivity index (χ1) is 17.0. The maximum absolute atomic E-state index is 11.6. The lowest BCUT2D eigenvalue weighted by Gasteiger charge is -2.38. The van der Waals surface area contributed by atoms with Gasteiger partial charge in [0.1, 0.15) is 5.75 Å². The van der Waals surface area contributed by atoms with Crippen molar-refractivity contribution in [3.8, 4) is 5.75 Å². The van der Waals surface area contributed by atoms with Crippen LogP contribution in [0, 0.1) is 11.8 Å². The lowest BCUT2D eigenvalue weighted by Crippen LogP contribution is -2.42. The number of ether oxygens (including phenoxy) is 1. The van der Waals surface area contributed by atoms with Crippen molar-refractivity contribution in [3.63, 3.8) is 0 Å². The molecule has 1 unspecified atom stereocenters. The third-order valence-electron chi connectivity index (χ3n) is 7.88. The molecule has 0 bridgehead atoms. The van der Waals surface area contributed by atoms with Gasteiger partial charge in [-0.05, 0) is 80.3 Å². The van der Waals surface area contributed by atoms with Gasteiger partial charge >= 0.3 is 5.97 Å². The molecule has 2 fully saturated rings. The van der Waals surface area contributed by atoms with Crippen LogP contribution >= 0.6 is 36.6 Å². The molecule has 1 saturated carbocycles. The minimum absolute atomic E-state index is 0. The minimum atomic E-state index is -0.716. The van der Waals surface area contributed by atoms with Gasteiger partial charge in [0.05, 0.1) is 18.7 Å². The number of nitrogens with zero attached hydrogens (tertiary/aromatic N) is 2. The molecular weight excluding hydrogens is 531 g/mol. The topological polar surface area (TPSA) is 82.9 Å². The summed E-state index contributed by atoms with van der Waals surface area (Å²) in [6.07, 6.45) is 10.6. The van der Waals surface area contributed by atoms with Crippen molar-refractivity contribution < 1.29 is 19.7 Å². The number of aliphatic hydroxyl groups excluding tert-OH is 1. The zero-order valence-corrected chi connectivity index (χ0v) is 24.2. The van der Waals surface area contributed by atoms with Crippen LogP contribution < -0.4 is 4.74 Å². The SMILES string of the molecule is COc1ccc2nccc(C(O)CC[C@@H]3CCN(CCSC4CCCCC4)C[C@@H]3CC(=O)O)c2c1.Cl.Cl. The van der Waals surface area contributed by atoms with Crippen molar-refractivity contribution in [1.82, 2.24) is 9.88 Å². The van der Waals surface area contributed by atoms with E-state index in [1.807, 2.05) is 24.3 Å². The average Bonchev–Trinajstić information content (AvgIpc) is 2.87. The van der Waals surface area contributed by atoms with Gasteiger partial charge in [0.25, 0.3) is 0 Å². The fourth-order valence-corrected chi connectivity index (χ4v) is 7.23. The Bertz CT molecular complexity index is 976. The number of hydrogen-bond donors (Lipinski definition) is 2. The van der Waals surface area contributed by atoms with Crippen LogP contribution in [0.15, 0.2) is 30.5 Å². The van der Waals surface area contributed by atoms with Crippen LogP contribution in [0.4, 0.5) is 0 Å². The number of aromatic nitrogens is 1. The van der Waals surface area contributed by atoms with Gasteiger partial charge in [-0.2, -0.15) is 11.8 Å². The van der Waals surface area contributed by atoms with Gasteiger partial charge in [0.2, 0.25) is 0 Å². The number of carbonyl (C=O) groups is 1. The number of carboxylic acids is 1. The van der Waals surface area contributed by atoms with Crippen LogP contribution in [0.3, 0.4) is 0 Å². The van der Waals surface area contributed by atoms with Gasteiger partial charge in [-0.1, -0.05) is 19.3 Å². The van der Waals surface area contributed by atoms with E-state index in [9.17, 15) is 15.0 Å². The standard InChI is InChI=1S/C28H40N2O4S.2ClH/c1-34-22-8-9-26-25(18-22)24(11-13-29-26)27(31)10-7-20-12-14-30(19-21(20)17-28(32)33)15-16-35-23-5-3-2-4-6-23;;/h8-9,11,13,18,20-21,23,27,31H,2-7,10,12,14-17,19H2,1H3,(H,32,33);2*1H/t20-,21+,27?;;/m1../s1. The lowest BCUT2D eigenvalue weighted by molar-refractivity contribution is -0.139. The number of halogens is 2. The summed E-state index contributed by atoms with van der Waals surface area (Å²) in [6, 6.07) is 7.60. The summed E-state index contributed by atoms with van der Waals surface area (Å²) < 4.78 is 5.36. The number of benzene rings is 1. The Morgan fingerprint density at radius 1 is 1.16 bits per heavy atom. The Balaban J connectivity index is 0.00000241. The number of rotatable bonds is 11. The average molecular weight is 574 g/mol. The number of fused-ring (bicyclic) bond motifs is 1. The van der Waals surface area contributed by atoms with Crippen LogP contribution in [0.5, 0.6) is 5.75 Å². The van der Waals surface area contributed by atoms with E-state index in [0.717, 1.165) is 65.7 Å². The fourth-order valence-electron chi connectivity index (χ4n) is 5.87. The molecule has 0 radical (unpaired) electrons. The van der Waals surface area contributed by atoms with E-state index in [2.05, 4.69) is 21.6 Å². The summed E-state index contributed by atoms with van der Waals surface area (Å²) in [4.78, 5) is 18.5. The first-order valence-electron chi connectivity index (χ1n) is 13.2. The highest BCUT2D eigenvalue weighted by molar-refractivity contribution is 7.99. The van der Waals surface area contributed by atoms with E-state index < -0.39 is 12.1 Å². The summed E-state index contributed by atoms with van der Waals surface area (Å²) in [5.41, 5.74) is 1.70. The van der Waals surface area contributed by atoms with Crippen LogP contribution in [-0.4, -0.2) is 63.8 Å². The normalized spacial score (nSPS) is 21.6. The second-order valence-corrected chi connectivity index (χ2v) is 11.6. The molecule has 9 heteroatoms. The first-order valence-corrected chi connectivity index (χ1v) is 14.2.